The first-order chi connectivity index (χ1) is 13.4. The van der Waals surface area contributed by atoms with Crippen LogP contribution in [0.3, 0.4) is 0 Å². The normalized spacial score (nSPS) is 16.0. The zero-order chi connectivity index (χ0) is 20.1. The van der Waals surface area contributed by atoms with Gasteiger partial charge in [-0.05, 0) is 42.8 Å². The number of morpholine rings is 1. The third kappa shape index (κ3) is 4.56. The monoisotopic (exact) mass is 402 g/mol. The number of nitrogens with zero attached hydrogens (tertiary/aromatic N) is 2. The van der Waals surface area contributed by atoms with E-state index in [9.17, 15) is 13.2 Å². The number of amides is 1. The van der Waals surface area contributed by atoms with Gasteiger partial charge < -0.3 is 10.5 Å². The van der Waals surface area contributed by atoms with Gasteiger partial charge in [0, 0.05) is 24.3 Å². The van der Waals surface area contributed by atoms with Crippen molar-refractivity contribution in [1.82, 2.24) is 9.73 Å². The maximum atomic E-state index is 12.7. The van der Waals surface area contributed by atoms with Crippen molar-refractivity contribution in [3.05, 3.63) is 59.7 Å². The summed E-state index contributed by atoms with van der Waals surface area (Å²) in [6, 6.07) is 13.0. The van der Waals surface area contributed by atoms with Crippen molar-refractivity contribution in [2.45, 2.75) is 11.8 Å². The first-order valence-electron chi connectivity index (χ1n) is 8.76. The third-order valence-corrected chi connectivity index (χ3v) is 6.25. The lowest BCUT2D eigenvalue weighted by molar-refractivity contribution is 0.0730. The molecule has 8 nitrogen and oxygen atoms in total. The van der Waals surface area contributed by atoms with Crippen LogP contribution in [-0.2, 0) is 14.8 Å². The lowest BCUT2D eigenvalue weighted by Crippen LogP contribution is -2.40. The molecule has 9 heteroatoms. The molecule has 0 radical (unpaired) electrons. The summed E-state index contributed by atoms with van der Waals surface area (Å²) in [4.78, 5) is 12.5. The minimum absolute atomic E-state index is 0.0706. The lowest BCUT2D eigenvalue weighted by Gasteiger charge is -2.26. The molecule has 0 saturated carbocycles. The highest BCUT2D eigenvalue weighted by Gasteiger charge is 2.26. The van der Waals surface area contributed by atoms with E-state index in [0.717, 1.165) is 5.56 Å². The van der Waals surface area contributed by atoms with Crippen LogP contribution in [0.15, 0.2) is 58.5 Å². The molecule has 1 aliphatic heterocycles. The summed E-state index contributed by atoms with van der Waals surface area (Å²) in [7, 11) is -3.67. The number of anilines is 1. The van der Waals surface area contributed by atoms with E-state index in [4.69, 9.17) is 10.5 Å². The molecule has 3 N–H and O–H groups in total. The summed E-state index contributed by atoms with van der Waals surface area (Å²) in [5.41, 5.74) is 10.4. The number of carbonyl (C=O) groups is 1. The van der Waals surface area contributed by atoms with Gasteiger partial charge in [-0.3, -0.25) is 4.79 Å². The van der Waals surface area contributed by atoms with E-state index in [2.05, 4.69) is 10.5 Å². The van der Waals surface area contributed by atoms with Crippen molar-refractivity contribution in [3.63, 3.8) is 0 Å². The Labute approximate surface area is 164 Å². The van der Waals surface area contributed by atoms with E-state index in [1.165, 1.54) is 16.4 Å². The van der Waals surface area contributed by atoms with E-state index in [0.29, 0.717) is 37.7 Å². The highest BCUT2D eigenvalue weighted by Crippen LogP contribution is 2.18. The maximum absolute atomic E-state index is 12.7. The predicted octanol–water partition coefficient (Wildman–Crippen LogP) is 1.44. The van der Waals surface area contributed by atoms with Crippen LogP contribution in [0.1, 0.15) is 22.8 Å². The van der Waals surface area contributed by atoms with Gasteiger partial charge >= 0.3 is 0 Å². The Balaban J connectivity index is 1.75. The van der Waals surface area contributed by atoms with E-state index in [1.807, 2.05) is 0 Å². The van der Waals surface area contributed by atoms with Crippen molar-refractivity contribution in [1.29, 1.82) is 0 Å². The van der Waals surface area contributed by atoms with Crippen molar-refractivity contribution in [2.24, 2.45) is 5.10 Å². The molecule has 1 aliphatic rings. The Morgan fingerprint density at radius 3 is 2.46 bits per heavy atom. The number of hydrogen-bond donors (Lipinski definition) is 2. The molecule has 0 unspecified atom stereocenters. The second kappa shape index (κ2) is 8.51. The van der Waals surface area contributed by atoms with Crippen LogP contribution in [0, 0.1) is 0 Å². The van der Waals surface area contributed by atoms with Crippen molar-refractivity contribution < 1.29 is 17.9 Å². The molecule has 1 heterocycles. The molecule has 0 atom stereocenters. The van der Waals surface area contributed by atoms with Crippen LogP contribution >= 0.6 is 0 Å². The van der Waals surface area contributed by atoms with Gasteiger partial charge in [-0.15, -0.1) is 0 Å². The number of ether oxygens (including phenoxy) is 1. The predicted molar refractivity (Wildman–Crippen MR) is 107 cm³/mol. The molecule has 0 spiro atoms. The number of rotatable bonds is 5. The maximum Gasteiger partial charge on any atom is 0.271 e. The molecule has 0 aliphatic carbocycles. The van der Waals surface area contributed by atoms with Crippen LogP contribution < -0.4 is 11.2 Å². The van der Waals surface area contributed by atoms with Gasteiger partial charge in [0.25, 0.3) is 5.91 Å². The first-order valence-corrected chi connectivity index (χ1v) is 10.2. The molecule has 0 aromatic heterocycles. The summed E-state index contributed by atoms with van der Waals surface area (Å²) in [5, 5.41) is 4.08. The van der Waals surface area contributed by atoms with Crippen LogP contribution in [0.5, 0.6) is 0 Å². The molecule has 0 bridgehead atoms. The van der Waals surface area contributed by atoms with Crippen LogP contribution in [0.2, 0.25) is 0 Å². The van der Waals surface area contributed by atoms with Gasteiger partial charge in [0.15, 0.2) is 0 Å². The number of carbonyl (C=O) groups excluding carboxylic acids is 1. The lowest BCUT2D eigenvalue weighted by atomic mass is 10.1. The standard InChI is InChI=1S/C19H22N4O4S/c1-14(15-5-7-17(20)8-6-15)21-22-19(24)16-3-2-4-18(13-16)28(25,26)23-9-11-27-12-10-23/h2-8,13H,9-12,20H2,1H3,(H,22,24)/b21-14-. The van der Waals surface area contributed by atoms with Gasteiger partial charge in [-0.1, -0.05) is 18.2 Å². The van der Waals surface area contributed by atoms with Gasteiger partial charge in [0.1, 0.15) is 0 Å². The fourth-order valence-corrected chi connectivity index (χ4v) is 4.18. The molecular formula is C19H22N4O4S. The minimum atomic E-state index is -3.67. The van der Waals surface area contributed by atoms with Gasteiger partial charge in [0.2, 0.25) is 10.0 Å². The Bertz CT molecular complexity index is 981. The zero-order valence-electron chi connectivity index (χ0n) is 15.5. The molecule has 148 valence electrons. The molecule has 28 heavy (non-hydrogen) atoms. The average molecular weight is 402 g/mol. The van der Waals surface area contributed by atoms with E-state index < -0.39 is 15.9 Å². The molecular weight excluding hydrogens is 380 g/mol. The third-order valence-electron chi connectivity index (χ3n) is 4.36. The molecule has 1 fully saturated rings. The minimum Gasteiger partial charge on any atom is -0.399 e. The number of nitrogen functional groups attached to an aromatic ring is 1. The van der Waals surface area contributed by atoms with Crippen LogP contribution in [0.4, 0.5) is 5.69 Å². The van der Waals surface area contributed by atoms with E-state index in [1.54, 1.807) is 43.3 Å². The van der Waals surface area contributed by atoms with Crippen molar-refractivity contribution in [3.8, 4) is 0 Å². The largest absolute Gasteiger partial charge is 0.399 e. The Morgan fingerprint density at radius 1 is 1.11 bits per heavy atom. The topological polar surface area (TPSA) is 114 Å². The van der Waals surface area contributed by atoms with E-state index >= 15 is 0 Å². The van der Waals surface area contributed by atoms with Gasteiger partial charge in [-0.25, -0.2) is 13.8 Å². The number of hydrogen-bond acceptors (Lipinski definition) is 6. The first kappa shape index (κ1) is 20.0. The highest BCUT2D eigenvalue weighted by atomic mass is 32.2. The molecule has 1 amide bonds. The molecule has 2 aromatic carbocycles. The quantitative estimate of drug-likeness (QED) is 0.446. The Morgan fingerprint density at radius 2 is 1.79 bits per heavy atom. The second-order valence-electron chi connectivity index (χ2n) is 6.30. The SMILES string of the molecule is C/C(=N/NC(=O)c1cccc(S(=O)(=O)N2CCOCC2)c1)c1ccc(N)cc1. The van der Waals surface area contributed by atoms with Crippen LogP contribution in [-0.4, -0.2) is 50.6 Å². The number of nitrogens with one attached hydrogen (secondary N) is 1. The fraction of sp³-hybridized carbons (Fsp3) is 0.263. The summed E-state index contributed by atoms with van der Waals surface area (Å²) in [5.74, 6) is -0.492. The van der Waals surface area contributed by atoms with Gasteiger partial charge in [0.05, 0.1) is 23.8 Å². The number of benzene rings is 2. The number of sulfonamides is 1. The summed E-state index contributed by atoms with van der Waals surface area (Å²) in [6.45, 7) is 3.07. The molecule has 3 rings (SSSR count). The van der Waals surface area contributed by atoms with Crippen molar-refractivity contribution >= 4 is 27.3 Å². The highest BCUT2D eigenvalue weighted by molar-refractivity contribution is 7.89. The fourth-order valence-electron chi connectivity index (χ4n) is 2.72. The van der Waals surface area contributed by atoms with Crippen LogP contribution in [0.25, 0.3) is 0 Å². The number of nitrogens with two attached hydrogens (primary N) is 1. The number of hydrazone groups is 1. The molecule has 2 aromatic rings. The molecule has 1 saturated heterocycles. The van der Waals surface area contributed by atoms with Gasteiger partial charge in [-0.2, -0.15) is 9.41 Å². The average Bonchev–Trinajstić information content (AvgIpc) is 2.73. The van der Waals surface area contributed by atoms with E-state index in [-0.39, 0.29) is 10.5 Å². The zero-order valence-corrected chi connectivity index (χ0v) is 16.3. The van der Waals surface area contributed by atoms with Crippen molar-refractivity contribution in [2.75, 3.05) is 32.0 Å². The summed E-state index contributed by atoms with van der Waals surface area (Å²) < 4.78 is 32.0. The Hall–Kier alpha value is -2.75. The summed E-state index contributed by atoms with van der Waals surface area (Å²) >= 11 is 0. The Kier molecular flexibility index (Phi) is 6.08. The summed E-state index contributed by atoms with van der Waals surface area (Å²) in [6.07, 6.45) is 0. The second-order valence-corrected chi connectivity index (χ2v) is 8.24. The smallest absolute Gasteiger partial charge is 0.271 e.